The van der Waals surface area contributed by atoms with Gasteiger partial charge in [0.1, 0.15) is 0 Å². The second kappa shape index (κ2) is 5.22. The summed E-state index contributed by atoms with van der Waals surface area (Å²) in [6.07, 6.45) is 6.57. The van der Waals surface area contributed by atoms with E-state index in [1.165, 1.54) is 32.1 Å². The van der Waals surface area contributed by atoms with Gasteiger partial charge in [-0.15, -0.1) is 0 Å². The minimum Gasteiger partial charge on any atom is -0.382 e. The molecule has 2 fully saturated rings. The third-order valence-corrected chi connectivity index (χ3v) is 4.72. The molecule has 2 bridgehead atoms. The molecule has 19 heavy (non-hydrogen) atoms. The van der Waals surface area contributed by atoms with Gasteiger partial charge in [0.2, 0.25) is 0 Å². The Kier molecular flexibility index (Phi) is 3.44. The third-order valence-electron chi connectivity index (χ3n) is 4.72. The molecule has 0 radical (unpaired) electrons. The predicted octanol–water partition coefficient (Wildman–Crippen LogP) is 2.99. The number of piperidine rings is 2. The van der Waals surface area contributed by atoms with Gasteiger partial charge in [-0.25, -0.2) is 0 Å². The topological polar surface area (TPSA) is 39.1 Å². The number of nitrogens with one attached hydrogen (secondary N) is 1. The van der Waals surface area contributed by atoms with Gasteiger partial charge in [0.15, 0.2) is 0 Å². The first-order valence-corrected chi connectivity index (χ1v) is 7.25. The number of benzene rings is 1. The Morgan fingerprint density at radius 2 is 1.79 bits per heavy atom. The lowest BCUT2D eigenvalue weighted by molar-refractivity contribution is 0.0608. The van der Waals surface area contributed by atoms with Crippen LogP contribution in [-0.4, -0.2) is 30.1 Å². The Morgan fingerprint density at radius 3 is 2.37 bits per heavy atom. The first-order valence-electron chi connectivity index (χ1n) is 7.25. The number of nitrogens with zero attached hydrogens (tertiary/aromatic N) is 2. The quantitative estimate of drug-likeness (QED) is 0.883. The molecule has 2 aliphatic heterocycles. The number of anilines is 1. The van der Waals surface area contributed by atoms with Crippen molar-refractivity contribution in [2.75, 3.05) is 12.4 Å². The number of hydrogen-bond donors (Lipinski definition) is 1. The molecular formula is C16H21N3. The highest BCUT2D eigenvalue weighted by Gasteiger charge is 2.35. The van der Waals surface area contributed by atoms with Crippen molar-refractivity contribution in [2.24, 2.45) is 0 Å². The van der Waals surface area contributed by atoms with Crippen LogP contribution in [-0.2, 0) is 0 Å². The lowest BCUT2D eigenvalue weighted by Crippen LogP contribution is -2.52. The molecule has 2 aliphatic rings. The highest BCUT2D eigenvalue weighted by atomic mass is 15.2. The van der Waals surface area contributed by atoms with Crippen molar-refractivity contribution in [2.45, 2.75) is 50.2 Å². The standard InChI is InChI=1S/C16H21N3/c1-19-15-3-2-4-16(19)10-14(9-15)18-13-7-5-12(11-17)6-8-13/h5-8,14-16,18H,2-4,9-10H2,1H3. The molecule has 0 amide bonds. The van der Waals surface area contributed by atoms with Crippen LogP contribution in [0.5, 0.6) is 0 Å². The van der Waals surface area contributed by atoms with E-state index in [2.05, 4.69) is 23.3 Å². The van der Waals surface area contributed by atoms with Crippen molar-refractivity contribution < 1.29 is 0 Å². The maximum absolute atomic E-state index is 8.81. The summed E-state index contributed by atoms with van der Waals surface area (Å²) in [4.78, 5) is 2.58. The number of fused-ring (bicyclic) bond motifs is 2. The van der Waals surface area contributed by atoms with Gasteiger partial charge in [-0.2, -0.15) is 5.26 Å². The van der Waals surface area contributed by atoms with Gasteiger partial charge in [0.05, 0.1) is 11.6 Å². The molecular weight excluding hydrogens is 234 g/mol. The first-order chi connectivity index (χ1) is 9.26. The van der Waals surface area contributed by atoms with Gasteiger partial charge in [-0.05, 0) is 57.0 Å². The van der Waals surface area contributed by atoms with Crippen LogP contribution in [0.3, 0.4) is 0 Å². The van der Waals surface area contributed by atoms with Crippen LogP contribution in [0.15, 0.2) is 24.3 Å². The average molecular weight is 255 g/mol. The summed E-state index contributed by atoms with van der Waals surface area (Å²) >= 11 is 0. The molecule has 0 spiro atoms. The van der Waals surface area contributed by atoms with E-state index in [-0.39, 0.29) is 0 Å². The minimum absolute atomic E-state index is 0.583. The maximum Gasteiger partial charge on any atom is 0.0991 e. The van der Waals surface area contributed by atoms with E-state index < -0.39 is 0 Å². The summed E-state index contributed by atoms with van der Waals surface area (Å²) in [6.45, 7) is 0. The summed E-state index contributed by atoms with van der Waals surface area (Å²) in [5, 5.41) is 12.5. The van der Waals surface area contributed by atoms with E-state index >= 15 is 0 Å². The van der Waals surface area contributed by atoms with E-state index in [4.69, 9.17) is 5.26 Å². The molecule has 3 heteroatoms. The summed E-state index contributed by atoms with van der Waals surface area (Å²) in [5.41, 5.74) is 1.87. The largest absolute Gasteiger partial charge is 0.382 e. The predicted molar refractivity (Wildman–Crippen MR) is 77.0 cm³/mol. The minimum atomic E-state index is 0.583. The second-order valence-electron chi connectivity index (χ2n) is 5.91. The van der Waals surface area contributed by atoms with Crippen LogP contribution in [0.4, 0.5) is 5.69 Å². The Bertz CT molecular complexity index is 460. The van der Waals surface area contributed by atoms with Crippen molar-refractivity contribution in [3.05, 3.63) is 29.8 Å². The van der Waals surface area contributed by atoms with E-state index in [0.29, 0.717) is 6.04 Å². The molecule has 1 N–H and O–H groups in total. The first kappa shape index (κ1) is 12.5. The summed E-state index contributed by atoms with van der Waals surface area (Å²) in [6, 6.07) is 12.1. The monoisotopic (exact) mass is 255 g/mol. The highest BCUT2D eigenvalue weighted by Crippen LogP contribution is 2.33. The lowest BCUT2D eigenvalue weighted by atomic mass is 9.82. The number of rotatable bonds is 2. The van der Waals surface area contributed by atoms with Crippen LogP contribution in [0.25, 0.3) is 0 Å². The van der Waals surface area contributed by atoms with Gasteiger partial charge >= 0.3 is 0 Å². The van der Waals surface area contributed by atoms with Crippen LogP contribution >= 0.6 is 0 Å². The molecule has 2 unspecified atom stereocenters. The Morgan fingerprint density at radius 1 is 1.16 bits per heavy atom. The molecule has 3 rings (SSSR count). The van der Waals surface area contributed by atoms with Crippen LogP contribution in [0.1, 0.15) is 37.7 Å². The molecule has 1 aromatic carbocycles. The van der Waals surface area contributed by atoms with Crippen LogP contribution < -0.4 is 5.32 Å². The summed E-state index contributed by atoms with van der Waals surface area (Å²) < 4.78 is 0. The molecule has 3 nitrogen and oxygen atoms in total. The van der Waals surface area contributed by atoms with Crippen molar-refractivity contribution in [1.82, 2.24) is 4.90 Å². The smallest absolute Gasteiger partial charge is 0.0991 e. The van der Waals surface area contributed by atoms with Crippen LogP contribution in [0.2, 0.25) is 0 Å². The van der Waals surface area contributed by atoms with E-state index in [0.717, 1.165) is 23.3 Å². The fourth-order valence-electron chi connectivity index (χ4n) is 3.61. The van der Waals surface area contributed by atoms with E-state index in [1.807, 2.05) is 24.3 Å². The molecule has 100 valence electrons. The van der Waals surface area contributed by atoms with E-state index in [1.54, 1.807) is 0 Å². The van der Waals surface area contributed by atoms with E-state index in [9.17, 15) is 0 Å². The maximum atomic E-state index is 8.81. The fourth-order valence-corrected chi connectivity index (χ4v) is 3.61. The zero-order valence-electron chi connectivity index (χ0n) is 11.5. The molecule has 0 aromatic heterocycles. The molecule has 1 aromatic rings. The van der Waals surface area contributed by atoms with Crippen molar-refractivity contribution >= 4 is 5.69 Å². The zero-order valence-corrected chi connectivity index (χ0v) is 11.5. The van der Waals surface area contributed by atoms with Crippen molar-refractivity contribution in [3.8, 4) is 6.07 Å². The molecule has 2 saturated heterocycles. The summed E-state index contributed by atoms with van der Waals surface area (Å²) in [7, 11) is 2.28. The van der Waals surface area contributed by atoms with Gasteiger partial charge in [-0.1, -0.05) is 6.42 Å². The summed E-state index contributed by atoms with van der Waals surface area (Å²) in [5.74, 6) is 0. The second-order valence-corrected chi connectivity index (χ2v) is 5.91. The normalized spacial score (nSPS) is 30.6. The lowest BCUT2D eigenvalue weighted by Gasteiger charge is -2.47. The number of nitriles is 1. The third kappa shape index (κ3) is 2.59. The molecule has 0 saturated carbocycles. The van der Waals surface area contributed by atoms with Gasteiger partial charge in [0.25, 0.3) is 0 Å². The Balaban J connectivity index is 1.65. The molecule has 2 atom stereocenters. The Labute approximate surface area is 115 Å². The van der Waals surface area contributed by atoms with Gasteiger partial charge in [0, 0.05) is 23.8 Å². The highest BCUT2D eigenvalue weighted by molar-refractivity contribution is 5.48. The van der Waals surface area contributed by atoms with Gasteiger partial charge < -0.3 is 10.2 Å². The van der Waals surface area contributed by atoms with Crippen molar-refractivity contribution in [1.29, 1.82) is 5.26 Å². The Hall–Kier alpha value is -1.53. The van der Waals surface area contributed by atoms with Crippen LogP contribution in [0, 0.1) is 11.3 Å². The SMILES string of the molecule is CN1C2CCCC1CC(Nc1ccc(C#N)cc1)C2. The number of hydrogen-bond acceptors (Lipinski definition) is 3. The molecule has 2 heterocycles. The van der Waals surface area contributed by atoms with Crippen molar-refractivity contribution in [3.63, 3.8) is 0 Å². The average Bonchev–Trinajstić information content (AvgIpc) is 2.41. The zero-order chi connectivity index (χ0) is 13.2. The fraction of sp³-hybridized carbons (Fsp3) is 0.562. The van der Waals surface area contributed by atoms with Gasteiger partial charge in [-0.3, -0.25) is 0 Å². The molecule has 0 aliphatic carbocycles.